The second-order valence-corrected chi connectivity index (χ2v) is 7.24. The molecule has 2 aromatic carbocycles. The number of ketones is 2. The monoisotopic (exact) mass is 348 g/mol. The van der Waals surface area contributed by atoms with Crippen LogP contribution in [0.4, 0.5) is 0 Å². The molecule has 2 heteroatoms. The van der Waals surface area contributed by atoms with Gasteiger partial charge in [-0.05, 0) is 42.9 Å². The SMILES string of the molecule is CCCCCc1ccc2c(c1CCCCC)C(=O)c1ccccc1C2=O. The summed E-state index contributed by atoms with van der Waals surface area (Å²) in [5.41, 5.74) is 4.77. The Bertz CT molecular complexity index is 817. The lowest BCUT2D eigenvalue weighted by molar-refractivity contribution is 0.0978. The van der Waals surface area contributed by atoms with Crippen LogP contribution in [0.15, 0.2) is 36.4 Å². The van der Waals surface area contributed by atoms with Crippen LogP contribution in [0.25, 0.3) is 0 Å². The highest BCUT2D eigenvalue weighted by Crippen LogP contribution is 2.32. The van der Waals surface area contributed by atoms with Crippen LogP contribution in [0.2, 0.25) is 0 Å². The summed E-state index contributed by atoms with van der Waals surface area (Å²) in [5.74, 6) is 0.0195. The molecule has 0 N–H and O–H groups in total. The van der Waals surface area contributed by atoms with Gasteiger partial charge in [-0.3, -0.25) is 9.59 Å². The Hall–Kier alpha value is -2.22. The van der Waals surface area contributed by atoms with Crippen LogP contribution in [0.3, 0.4) is 0 Å². The van der Waals surface area contributed by atoms with E-state index in [1.54, 1.807) is 12.1 Å². The molecule has 136 valence electrons. The van der Waals surface area contributed by atoms with Crippen molar-refractivity contribution >= 4 is 11.6 Å². The van der Waals surface area contributed by atoms with Crippen molar-refractivity contribution < 1.29 is 9.59 Å². The molecule has 2 nitrogen and oxygen atoms in total. The molecular weight excluding hydrogens is 320 g/mol. The molecule has 1 aliphatic rings. The van der Waals surface area contributed by atoms with Gasteiger partial charge < -0.3 is 0 Å². The molecule has 2 aromatic rings. The second kappa shape index (κ2) is 8.44. The van der Waals surface area contributed by atoms with E-state index in [1.807, 2.05) is 18.2 Å². The van der Waals surface area contributed by atoms with Crippen molar-refractivity contribution in [2.75, 3.05) is 0 Å². The van der Waals surface area contributed by atoms with E-state index >= 15 is 0 Å². The van der Waals surface area contributed by atoms with Gasteiger partial charge in [-0.15, -0.1) is 0 Å². The molecule has 0 unspecified atom stereocenters. The van der Waals surface area contributed by atoms with E-state index < -0.39 is 0 Å². The molecule has 0 aromatic heterocycles. The summed E-state index contributed by atoms with van der Waals surface area (Å²) in [6, 6.07) is 11.2. The maximum absolute atomic E-state index is 13.2. The Morgan fingerprint density at radius 1 is 0.654 bits per heavy atom. The third-order valence-electron chi connectivity index (χ3n) is 5.38. The first kappa shape index (κ1) is 18.6. The molecule has 0 heterocycles. The number of carbonyl (C=O) groups excluding carboxylic acids is 2. The first-order chi connectivity index (χ1) is 12.7. The molecule has 0 saturated heterocycles. The fraction of sp³-hybridized carbons (Fsp3) is 0.417. The van der Waals surface area contributed by atoms with Crippen molar-refractivity contribution in [1.82, 2.24) is 0 Å². The summed E-state index contributed by atoms with van der Waals surface area (Å²) >= 11 is 0. The normalized spacial score (nSPS) is 12.8. The highest BCUT2D eigenvalue weighted by atomic mass is 16.1. The molecular formula is C24H28O2. The van der Waals surface area contributed by atoms with Crippen molar-refractivity contribution in [3.8, 4) is 0 Å². The van der Waals surface area contributed by atoms with Crippen LogP contribution in [0.5, 0.6) is 0 Å². The first-order valence-corrected chi connectivity index (χ1v) is 10.0. The second-order valence-electron chi connectivity index (χ2n) is 7.24. The smallest absolute Gasteiger partial charge is 0.194 e. The predicted molar refractivity (Wildman–Crippen MR) is 106 cm³/mol. The number of hydrogen-bond acceptors (Lipinski definition) is 2. The minimum atomic E-state index is -0.00736. The van der Waals surface area contributed by atoms with Crippen LogP contribution in [-0.2, 0) is 12.8 Å². The lowest BCUT2D eigenvalue weighted by Crippen LogP contribution is -2.23. The van der Waals surface area contributed by atoms with Crippen LogP contribution in [-0.4, -0.2) is 11.6 Å². The van der Waals surface area contributed by atoms with E-state index in [4.69, 9.17) is 0 Å². The number of fused-ring (bicyclic) bond motifs is 2. The fourth-order valence-electron chi connectivity index (χ4n) is 3.94. The molecule has 0 saturated carbocycles. The van der Waals surface area contributed by atoms with E-state index in [-0.39, 0.29) is 11.6 Å². The molecule has 26 heavy (non-hydrogen) atoms. The lowest BCUT2D eigenvalue weighted by Gasteiger charge is -2.22. The number of carbonyl (C=O) groups is 2. The number of rotatable bonds is 8. The van der Waals surface area contributed by atoms with Gasteiger partial charge in [0.1, 0.15) is 0 Å². The third-order valence-corrected chi connectivity index (χ3v) is 5.38. The Morgan fingerprint density at radius 3 is 1.92 bits per heavy atom. The number of aryl methyl sites for hydroxylation is 1. The number of unbranched alkanes of at least 4 members (excludes halogenated alkanes) is 4. The highest BCUT2D eigenvalue weighted by molar-refractivity contribution is 6.29. The molecule has 0 amide bonds. The number of hydrogen-bond donors (Lipinski definition) is 0. The lowest BCUT2D eigenvalue weighted by atomic mass is 9.79. The zero-order valence-electron chi connectivity index (χ0n) is 15.9. The van der Waals surface area contributed by atoms with E-state index in [0.29, 0.717) is 22.3 Å². The van der Waals surface area contributed by atoms with Crippen LogP contribution in [0.1, 0.15) is 95.3 Å². The summed E-state index contributed by atoms with van der Waals surface area (Å²) in [6.07, 6.45) is 8.76. The minimum absolute atomic E-state index is 0.00736. The molecule has 0 spiro atoms. The quantitative estimate of drug-likeness (QED) is 0.473. The Labute approximate surface area is 156 Å². The van der Waals surface area contributed by atoms with Gasteiger partial charge in [0.15, 0.2) is 11.6 Å². The number of benzene rings is 2. The maximum atomic E-state index is 13.2. The molecule has 0 bridgehead atoms. The Morgan fingerprint density at radius 2 is 1.27 bits per heavy atom. The standard InChI is InChI=1S/C24H28O2/c1-3-5-7-11-17-15-16-21-22(18(17)12-8-6-4-2)24(26)20-14-10-9-13-19(20)23(21)25/h9-10,13-16H,3-8,11-12H2,1-2H3. The zero-order valence-corrected chi connectivity index (χ0v) is 15.9. The van der Waals surface area contributed by atoms with Crippen LogP contribution >= 0.6 is 0 Å². The maximum Gasteiger partial charge on any atom is 0.194 e. The van der Waals surface area contributed by atoms with Crippen molar-refractivity contribution in [2.24, 2.45) is 0 Å². The minimum Gasteiger partial charge on any atom is -0.289 e. The van der Waals surface area contributed by atoms with Crippen LogP contribution in [0, 0.1) is 0 Å². The van der Waals surface area contributed by atoms with Gasteiger partial charge in [0.05, 0.1) is 0 Å². The summed E-state index contributed by atoms with van der Waals surface area (Å²) in [7, 11) is 0. The van der Waals surface area contributed by atoms with Crippen LogP contribution < -0.4 is 0 Å². The van der Waals surface area contributed by atoms with Gasteiger partial charge in [-0.2, -0.15) is 0 Å². The van der Waals surface area contributed by atoms with E-state index in [9.17, 15) is 9.59 Å². The molecule has 0 aliphatic heterocycles. The van der Waals surface area contributed by atoms with Gasteiger partial charge in [0, 0.05) is 22.3 Å². The summed E-state index contributed by atoms with van der Waals surface area (Å²) < 4.78 is 0. The average molecular weight is 348 g/mol. The van der Waals surface area contributed by atoms with Gasteiger partial charge in [-0.25, -0.2) is 0 Å². The van der Waals surface area contributed by atoms with Crippen molar-refractivity contribution in [3.63, 3.8) is 0 Å². The van der Waals surface area contributed by atoms with Gasteiger partial charge in [0.25, 0.3) is 0 Å². The highest BCUT2D eigenvalue weighted by Gasteiger charge is 2.32. The molecule has 0 atom stereocenters. The summed E-state index contributed by atoms with van der Waals surface area (Å²) in [5, 5.41) is 0. The molecule has 1 aliphatic carbocycles. The zero-order chi connectivity index (χ0) is 18.5. The van der Waals surface area contributed by atoms with Gasteiger partial charge >= 0.3 is 0 Å². The Kier molecular flexibility index (Phi) is 6.03. The first-order valence-electron chi connectivity index (χ1n) is 10.0. The molecule has 0 fully saturated rings. The summed E-state index contributed by atoms with van der Waals surface area (Å²) in [4.78, 5) is 26.2. The van der Waals surface area contributed by atoms with Crippen molar-refractivity contribution in [1.29, 1.82) is 0 Å². The van der Waals surface area contributed by atoms with E-state index in [2.05, 4.69) is 19.9 Å². The molecule has 3 rings (SSSR count). The topological polar surface area (TPSA) is 34.1 Å². The fourth-order valence-corrected chi connectivity index (χ4v) is 3.94. The van der Waals surface area contributed by atoms with Crippen molar-refractivity contribution in [3.05, 3.63) is 69.8 Å². The van der Waals surface area contributed by atoms with Crippen molar-refractivity contribution in [2.45, 2.75) is 65.2 Å². The average Bonchev–Trinajstić information content (AvgIpc) is 2.67. The van der Waals surface area contributed by atoms with E-state index in [0.717, 1.165) is 44.1 Å². The third kappa shape index (κ3) is 3.51. The predicted octanol–water partition coefficient (Wildman–Crippen LogP) is 5.93. The largest absolute Gasteiger partial charge is 0.289 e. The molecule has 0 radical (unpaired) electrons. The van der Waals surface area contributed by atoms with Gasteiger partial charge in [-0.1, -0.05) is 69.9 Å². The van der Waals surface area contributed by atoms with Gasteiger partial charge in [0.2, 0.25) is 0 Å². The Balaban J connectivity index is 2.06. The summed E-state index contributed by atoms with van der Waals surface area (Å²) in [6.45, 7) is 4.39. The van der Waals surface area contributed by atoms with E-state index in [1.165, 1.54) is 18.4 Å².